The number of phenols is 1. The second-order valence-corrected chi connectivity index (χ2v) is 14.0. The molecular weight excluding hydrogens is 714 g/mol. The lowest BCUT2D eigenvalue weighted by molar-refractivity contribution is -0.136. The number of hydrogen-bond acceptors (Lipinski definition) is 8. The average molecular weight is 752 g/mol. The number of imide groups is 2. The first-order chi connectivity index (χ1) is 25.7. The Labute approximate surface area is 316 Å². The summed E-state index contributed by atoms with van der Waals surface area (Å²) in [5, 5.41) is 15.0. The Bertz CT molecular complexity index is 2030. The van der Waals surface area contributed by atoms with Crippen LogP contribution in [-0.4, -0.2) is 70.4 Å². The Morgan fingerprint density at radius 2 is 1.58 bits per heavy atom. The number of nitrogens with one attached hydrogen (secondary N) is 2. The lowest BCUT2D eigenvalue weighted by atomic mass is 9.88. The first-order valence-corrected chi connectivity index (χ1v) is 18.9. The zero-order chi connectivity index (χ0) is 37.3. The minimum absolute atomic E-state index is 0.0559. The van der Waals surface area contributed by atoms with E-state index in [9.17, 15) is 29.1 Å². The Kier molecular flexibility index (Phi) is 12.3. The van der Waals surface area contributed by atoms with Gasteiger partial charge in [-0.05, 0) is 89.3 Å². The summed E-state index contributed by atoms with van der Waals surface area (Å²) in [4.78, 5) is 64.5. The summed E-state index contributed by atoms with van der Waals surface area (Å²) in [6.45, 7) is 0.594. The molecule has 272 valence electrons. The zero-order valence-corrected chi connectivity index (χ0v) is 30.4. The first-order valence-electron chi connectivity index (χ1n) is 17.4. The number of ether oxygens (including phenoxy) is 1. The first kappa shape index (κ1) is 37.4. The number of aromatic hydroxyl groups is 1. The summed E-state index contributed by atoms with van der Waals surface area (Å²) in [5.41, 5.74) is 5.58. The molecule has 1 saturated heterocycles. The Morgan fingerprint density at radius 1 is 0.868 bits per heavy atom. The maximum atomic E-state index is 13.3. The highest BCUT2D eigenvalue weighted by molar-refractivity contribution is 7.99. The molecule has 5 amide bonds. The highest BCUT2D eigenvalue weighted by Gasteiger charge is 2.45. The van der Waals surface area contributed by atoms with Crippen LogP contribution < -0.4 is 15.4 Å². The molecule has 53 heavy (non-hydrogen) atoms. The maximum absolute atomic E-state index is 13.3. The molecule has 2 heterocycles. The molecule has 12 heteroatoms. The molecule has 0 saturated carbocycles. The molecule has 0 radical (unpaired) electrons. The fourth-order valence-corrected chi connectivity index (χ4v) is 7.69. The Morgan fingerprint density at radius 3 is 2.28 bits per heavy atom. The van der Waals surface area contributed by atoms with Crippen LogP contribution in [0.1, 0.15) is 69.5 Å². The summed E-state index contributed by atoms with van der Waals surface area (Å²) in [5.74, 6) is -0.475. The summed E-state index contributed by atoms with van der Waals surface area (Å²) < 4.78 is 5.92. The van der Waals surface area contributed by atoms with E-state index in [4.69, 9.17) is 16.3 Å². The molecule has 6 rings (SSSR count). The van der Waals surface area contributed by atoms with Gasteiger partial charge in [0.25, 0.3) is 11.8 Å². The van der Waals surface area contributed by atoms with E-state index in [2.05, 4.69) is 22.8 Å². The van der Waals surface area contributed by atoms with Crippen LogP contribution in [-0.2, 0) is 14.4 Å². The average Bonchev–Trinajstić information content (AvgIpc) is 3.42. The molecule has 0 bridgehead atoms. The molecule has 1 atom stereocenters. The number of alkyl halides is 1. The van der Waals surface area contributed by atoms with Gasteiger partial charge >= 0.3 is 0 Å². The zero-order valence-electron chi connectivity index (χ0n) is 28.8. The number of phenolic OH excluding ortho intramolecular Hbond substituents is 1. The van der Waals surface area contributed by atoms with Crippen molar-refractivity contribution in [1.82, 2.24) is 15.5 Å². The number of rotatable bonds is 15. The van der Waals surface area contributed by atoms with Crippen LogP contribution in [0.25, 0.3) is 11.1 Å². The van der Waals surface area contributed by atoms with Crippen molar-refractivity contribution in [3.05, 3.63) is 125 Å². The van der Waals surface area contributed by atoms with Crippen molar-refractivity contribution in [3.8, 4) is 11.5 Å². The lowest BCUT2D eigenvalue weighted by Crippen LogP contribution is -2.54. The largest absolute Gasteiger partial charge is 0.508 e. The van der Waals surface area contributed by atoms with E-state index in [1.54, 1.807) is 30.3 Å². The van der Waals surface area contributed by atoms with Crippen LogP contribution in [0.15, 0.2) is 102 Å². The van der Waals surface area contributed by atoms with Crippen molar-refractivity contribution in [2.45, 2.75) is 43.0 Å². The smallest absolute Gasteiger partial charge is 0.263 e. The van der Waals surface area contributed by atoms with E-state index < -0.39 is 29.7 Å². The number of amides is 5. The van der Waals surface area contributed by atoms with Gasteiger partial charge in [0.15, 0.2) is 0 Å². The van der Waals surface area contributed by atoms with Gasteiger partial charge in [-0.25, -0.2) is 0 Å². The van der Waals surface area contributed by atoms with Crippen molar-refractivity contribution >= 4 is 64.0 Å². The molecule has 3 N–H and O–H groups in total. The number of hydrogen-bond donors (Lipinski definition) is 3. The van der Waals surface area contributed by atoms with Crippen LogP contribution in [0, 0.1) is 0 Å². The highest BCUT2D eigenvalue weighted by Crippen LogP contribution is 2.37. The van der Waals surface area contributed by atoms with Gasteiger partial charge in [-0.1, -0.05) is 60.7 Å². The SMILES string of the molecule is O=C(CCCSc1cccc2c1C(=O)N(C1CCC(=O)NC1=O)C2=O)NCCOc1ccc(/C(=C(/CCCl)c2ccccc2)c2ccc(O)cc2)cc1. The minimum atomic E-state index is -1.02. The second-order valence-electron chi connectivity index (χ2n) is 12.5. The fourth-order valence-electron chi connectivity index (χ4n) is 6.48. The van der Waals surface area contributed by atoms with E-state index in [0.29, 0.717) is 41.7 Å². The monoisotopic (exact) mass is 751 g/mol. The van der Waals surface area contributed by atoms with Crippen molar-refractivity contribution in [2.24, 2.45) is 0 Å². The van der Waals surface area contributed by atoms with Crippen molar-refractivity contribution in [2.75, 3.05) is 24.8 Å². The van der Waals surface area contributed by atoms with Crippen LogP contribution in [0.4, 0.5) is 0 Å². The third-order valence-corrected chi connectivity index (χ3v) is 10.3. The van der Waals surface area contributed by atoms with Crippen LogP contribution >= 0.6 is 23.4 Å². The number of halogens is 1. The van der Waals surface area contributed by atoms with Gasteiger partial charge in [-0.15, -0.1) is 23.4 Å². The maximum Gasteiger partial charge on any atom is 0.263 e. The van der Waals surface area contributed by atoms with Crippen molar-refractivity contribution < 1.29 is 33.8 Å². The predicted molar refractivity (Wildman–Crippen MR) is 204 cm³/mol. The van der Waals surface area contributed by atoms with Crippen LogP contribution in [0.2, 0.25) is 0 Å². The Balaban J connectivity index is 0.988. The molecule has 4 aromatic carbocycles. The van der Waals surface area contributed by atoms with E-state index in [0.717, 1.165) is 32.7 Å². The van der Waals surface area contributed by atoms with E-state index in [-0.39, 0.29) is 48.7 Å². The number of carbonyl (C=O) groups is 5. The fraction of sp³-hybridized carbons (Fsp3) is 0.244. The van der Waals surface area contributed by atoms with Gasteiger partial charge in [0, 0.05) is 23.6 Å². The normalized spacial score (nSPS) is 15.9. The van der Waals surface area contributed by atoms with Crippen LogP contribution in [0.3, 0.4) is 0 Å². The van der Waals surface area contributed by atoms with Crippen LogP contribution in [0.5, 0.6) is 11.5 Å². The van der Waals surface area contributed by atoms with Gasteiger partial charge in [-0.3, -0.25) is 34.2 Å². The van der Waals surface area contributed by atoms with Gasteiger partial charge in [0.05, 0.1) is 17.7 Å². The van der Waals surface area contributed by atoms with Gasteiger partial charge < -0.3 is 15.2 Å². The number of benzene rings is 4. The van der Waals surface area contributed by atoms with Gasteiger partial charge in [-0.2, -0.15) is 0 Å². The lowest BCUT2D eigenvalue weighted by Gasteiger charge is -2.27. The topological polar surface area (TPSA) is 142 Å². The number of carbonyl (C=O) groups excluding carboxylic acids is 5. The quantitative estimate of drug-likeness (QED) is 0.0414. The molecular formula is C41H38ClN3O7S. The highest BCUT2D eigenvalue weighted by atomic mass is 35.5. The number of piperidine rings is 1. The van der Waals surface area contributed by atoms with E-state index in [1.807, 2.05) is 54.6 Å². The van der Waals surface area contributed by atoms with Crippen molar-refractivity contribution in [3.63, 3.8) is 0 Å². The van der Waals surface area contributed by atoms with Gasteiger partial charge in [0.2, 0.25) is 17.7 Å². The summed E-state index contributed by atoms with van der Waals surface area (Å²) >= 11 is 7.64. The van der Waals surface area contributed by atoms with Gasteiger partial charge in [0.1, 0.15) is 24.1 Å². The molecule has 2 aliphatic rings. The molecule has 0 spiro atoms. The Hall–Kier alpha value is -5.39. The number of allylic oxidation sites excluding steroid dienone is 1. The summed E-state index contributed by atoms with van der Waals surface area (Å²) in [7, 11) is 0. The molecule has 4 aromatic rings. The number of fused-ring (bicyclic) bond motifs is 1. The molecule has 1 unspecified atom stereocenters. The third-order valence-electron chi connectivity index (χ3n) is 9.00. The molecule has 2 aliphatic heterocycles. The molecule has 1 fully saturated rings. The van der Waals surface area contributed by atoms with E-state index >= 15 is 0 Å². The minimum Gasteiger partial charge on any atom is -0.508 e. The standard InChI is InChI=1S/C41H38ClN3O7S/c42-22-21-31(26-6-2-1-3-7-26)37(27-11-15-29(46)16-12-27)28-13-17-30(18-14-28)52-24-23-43-35(47)10-5-25-53-34-9-4-8-32-38(34)41(51)45(40(32)50)33-19-20-36(48)44-39(33)49/h1-4,6-9,11-18,33,46H,5,10,19-25H2,(H,43,47)(H,44,48,49)/b37-31-. The molecule has 0 aliphatic carbocycles. The summed E-state index contributed by atoms with van der Waals surface area (Å²) in [6, 6.07) is 29.0. The third kappa shape index (κ3) is 8.81. The number of nitrogens with zero attached hydrogens (tertiary/aromatic N) is 1. The molecule has 10 nitrogen and oxygen atoms in total. The second kappa shape index (κ2) is 17.4. The predicted octanol–water partition coefficient (Wildman–Crippen LogP) is 6.45. The summed E-state index contributed by atoms with van der Waals surface area (Å²) in [6.07, 6.45) is 1.60. The van der Waals surface area contributed by atoms with Crippen molar-refractivity contribution in [1.29, 1.82) is 0 Å². The van der Waals surface area contributed by atoms with E-state index in [1.165, 1.54) is 11.8 Å². The number of thioether (sulfide) groups is 1. The molecule has 0 aromatic heterocycles.